The van der Waals surface area contributed by atoms with E-state index >= 15 is 0 Å². The van der Waals surface area contributed by atoms with Gasteiger partial charge in [0.25, 0.3) is 5.91 Å². The number of benzene rings is 2. The number of rotatable bonds is 4. The highest BCUT2D eigenvalue weighted by Crippen LogP contribution is 2.34. The Bertz CT molecular complexity index is 800. The van der Waals surface area contributed by atoms with E-state index in [9.17, 15) is 9.59 Å². The van der Waals surface area contributed by atoms with Crippen LogP contribution in [-0.4, -0.2) is 31.4 Å². The number of carbonyl (C=O) groups is 2. The standard InChI is InChI=1S/C19H19NO4/c1-12-7-8-18-16(9-12)20(19(22)13(2)24-18)11-17(21)14-5-4-6-15(10-14)23-3/h4-10,13H,11H2,1-3H3/t13-/m1/s1. The first kappa shape index (κ1) is 16.1. The Balaban J connectivity index is 1.92. The van der Waals surface area contributed by atoms with Crippen LogP contribution in [0.2, 0.25) is 0 Å². The van der Waals surface area contributed by atoms with Gasteiger partial charge in [0.05, 0.1) is 19.3 Å². The highest BCUT2D eigenvalue weighted by molar-refractivity contribution is 6.08. The number of hydrogen-bond acceptors (Lipinski definition) is 4. The minimum absolute atomic E-state index is 0.0316. The summed E-state index contributed by atoms with van der Waals surface area (Å²) in [7, 11) is 1.55. The number of aryl methyl sites for hydroxylation is 1. The summed E-state index contributed by atoms with van der Waals surface area (Å²) >= 11 is 0. The zero-order chi connectivity index (χ0) is 17.3. The molecule has 0 fully saturated rings. The van der Waals surface area contributed by atoms with Gasteiger partial charge in [0.1, 0.15) is 11.5 Å². The summed E-state index contributed by atoms with van der Waals surface area (Å²) in [6.07, 6.45) is -0.613. The number of carbonyl (C=O) groups excluding carboxylic acids is 2. The van der Waals surface area contributed by atoms with E-state index in [2.05, 4.69) is 0 Å². The Morgan fingerprint density at radius 3 is 2.79 bits per heavy atom. The van der Waals surface area contributed by atoms with Crippen LogP contribution < -0.4 is 14.4 Å². The molecular formula is C19H19NO4. The predicted octanol–water partition coefficient (Wildman–Crippen LogP) is 3.00. The van der Waals surface area contributed by atoms with Gasteiger partial charge in [0, 0.05) is 5.56 Å². The van der Waals surface area contributed by atoms with Crippen molar-refractivity contribution in [3.05, 3.63) is 53.6 Å². The van der Waals surface area contributed by atoms with E-state index in [0.29, 0.717) is 22.7 Å². The second-order valence-electron chi connectivity index (χ2n) is 5.81. The van der Waals surface area contributed by atoms with Crippen LogP contribution in [0.15, 0.2) is 42.5 Å². The first-order valence-corrected chi connectivity index (χ1v) is 7.75. The van der Waals surface area contributed by atoms with Crippen molar-refractivity contribution in [2.45, 2.75) is 20.0 Å². The number of ketones is 1. The maximum atomic E-state index is 12.6. The van der Waals surface area contributed by atoms with Crippen LogP contribution in [0.5, 0.6) is 11.5 Å². The zero-order valence-electron chi connectivity index (χ0n) is 13.9. The van der Waals surface area contributed by atoms with Crippen molar-refractivity contribution in [2.75, 3.05) is 18.6 Å². The number of Topliss-reactive ketones (excluding diaryl/α,β-unsaturated/α-hetero) is 1. The van der Waals surface area contributed by atoms with Crippen molar-refractivity contribution in [1.29, 1.82) is 0 Å². The van der Waals surface area contributed by atoms with Crippen molar-refractivity contribution in [1.82, 2.24) is 0 Å². The van der Waals surface area contributed by atoms with E-state index < -0.39 is 6.10 Å². The fourth-order valence-corrected chi connectivity index (χ4v) is 2.71. The van der Waals surface area contributed by atoms with Crippen LogP contribution in [-0.2, 0) is 4.79 Å². The molecule has 0 N–H and O–H groups in total. The van der Waals surface area contributed by atoms with Gasteiger partial charge in [-0.25, -0.2) is 0 Å². The molecule has 1 aliphatic rings. The zero-order valence-corrected chi connectivity index (χ0v) is 13.9. The number of fused-ring (bicyclic) bond motifs is 1. The van der Waals surface area contributed by atoms with Crippen molar-refractivity contribution < 1.29 is 19.1 Å². The first-order chi connectivity index (χ1) is 11.5. The summed E-state index contributed by atoms with van der Waals surface area (Å²) in [5.41, 5.74) is 2.14. The van der Waals surface area contributed by atoms with Gasteiger partial charge < -0.3 is 9.47 Å². The van der Waals surface area contributed by atoms with Crippen molar-refractivity contribution in [2.24, 2.45) is 0 Å². The topological polar surface area (TPSA) is 55.8 Å². The summed E-state index contributed by atoms with van der Waals surface area (Å²) in [6, 6.07) is 12.5. The molecule has 0 spiro atoms. The fraction of sp³-hybridized carbons (Fsp3) is 0.263. The lowest BCUT2D eigenvalue weighted by Crippen LogP contribution is -2.46. The number of methoxy groups -OCH3 is 1. The van der Waals surface area contributed by atoms with Gasteiger partial charge in [0.2, 0.25) is 0 Å². The molecule has 5 nitrogen and oxygen atoms in total. The molecule has 1 aliphatic heterocycles. The SMILES string of the molecule is COc1cccc(C(=O)CN2C(=O)[C@@H](C)Oc3ccc(C)cc32)c1. The van der Waals surface area contributed by atoms with Crippen molar-refractivity contribution >= 4 is 17.4 Å². The molecule has 2 aromatic rings. The van der Waals surface area contributed by atoms with Crippen LogP contribution in [0, 0.1) is 6.92 Å². The van der Waals surface area contributed by atoms with E-state index in [1.807, 2.05) is 25.1 Å². The van der Waals surface area contributed by atoms with Crippen LogP contribution >= 0.6 is 0 Å². The summed E-state index contributed by atoms with van der Waals surface area (Å²) < 4.78 is 10.8. The first-order valence-electron chi connectivity index (χ1n) is 7.75. The minimum Gasteiger partial charge on any atom is -0.497 e. The summed E-state index contributed by atoms with van der Waals surface area (Å²) in [4.78, 5) is 26.6. The lowest BCUT2D eigenvalue weighted by molar-refractivity contribution is -0.125. The Morgan fingerprint density at radius 1 is 1.25 bits per heavy atom. The summed E-state index contributed by atoms with van der Waals surface area (Å²) in [5, 5.41) is 0. The Morgan fingerprint density at radius 2 is 2.04 bits per heavy atom. The van der Waals surface area contributed by atoms with Crippen LogP contribution in [0.3, 0.4) is 0 Å². The number of amides is 1. The van der Waals surface area contributed by atoms with E-state index in [-0.39, 0.29) is 18.2 Å². The van der Waals surface area contributed by atoms with Gasteiger partial charge in [0.15, 0.2) is 11.9 Å². The fourth-order valence-electron chi connectivity index (χ4n) is 2.71. The van der Waals surface area contributed by atoms with Gasteiger partial charge in [-0.3, -0.25) is 14.5 Å². The van der Waals surface area contributed by atoms with Gasteiger partial charge >= 0.3 is 0 Å². The van der Waals surface area contributed by atoms with Gasteiger partial charge in [-0.1, -0.05) is 18.2 Å². The quantitative estimate of drug-likeness (QED) is 0.811. The van der Waals surface area contributed by atoms with Gasteiger partial charge in [-0.2, -0.15) is 0 Å². The molecule has 1 atom stereocenters. The monoisotopic (exact) mass is 325 g/mol. The Labute approximate surface area is 140 Å². The molecule has 0 saturated carbocycles. The molecule has 124 valence electrons. The smallest absolute Gasteiger partial charge is 0.268 e. The number of ether oxygens (including phenoxy) is 2. The normalized spacial score (nSPS) is 16.4. The molecule has 0 bridgehead atoms. The van der Waals surface area contributed by atoms with Crippen molar-refractivity contribution in [3.8, 4) is 11.5 Å². The lowest BCUT2D eigenvalue weighted by atomic mass is 10.1. The van der Waals surface area contributed by atoms with Gasteiger partial charge in [-0.15, -0.1) is 0 Å². The number of hydrogen-bond donors (Lipinski definition) is 0. The molecule has 0 aromatic heterocycles. The number of anilines is 1. The molecular weight excluding hydrogens is 306 g/mol. The van der Waals surface area contributed by atoms with E-state index in [1.165, 1.54) is 4.90 Å². The van der Waals surface area contributed by atoms with E-state index in [1.54, 1.807) is 38.3 Å². The average Bonchev–Trinajstić information content (AvgIpc) is 2.59. The average molecular weight is 325 g/mol. The summed E-state index contributed by atoms with van der Waals surface area (Å²) in [5.74, 6) is 0.859. The third-order valence-electron chi connectivity index (χ3n) is 4.02. The molecule has 2 aromatic carbocycles. The van der Waals surface area contributed by atoms with Gasteiger partial charge in [-0.05, 0) is 43.7 Å². The van der Waals surface area contributed by atoms with Crippen LogP contribution in [0.4, 0.5) is 5.69 Å². The summed E-state index contributed by atoms with van der Waals surface area (Å²) in [6.45, 7) is 3.59. The predicted molar refractivity (Wildman–Crippen MR) is 90.9 cm³/mol. The number of nitrogens with zero attached hydrogens (tertiary/aromatic N) is 1. The van der Waals surface area contributed by atoms with E-state index in [4.69, 9.17) is 9.47 Å². The molecule has 1 amide bonds. The van der Waals surface area contributed by atoms with E-state index in [0.717, 1.165) is 5.56 Å². The maximum Gasteiger partial charge on any atom is 0.268 e. The van der Waals surface area contributed by atoms with Crippen molar-refractivity contribution in [3.63, 3.8) is 0 Å². The minimum atomic E-state index is -0.613. The lowest BCUT2D eigenvalue weighted by Gasteiger charge is -2.32. The largest absolute Gasteiger partial charge is 0.497 e. The maximum absolute atomic E-state index is 12.6. The van der Waals surface area contributed by atoms with Crippen LogP contribution in [0.1, 0.15) is 22.8 Å². The molecule has 24 heavy (non-hydrogen) atoms. The highest BCUT2D eigenvalue weighted by Gasteiger charge is 2.32. The third kappa shape index (κ3) is 2.97. The third-order valence-corrected chi connectivity index (χ3v) is 4.02. The second-order valence-corrected chi connectivity index (χ2v) is 5.81. The molecule has 5 heteroatoms. The van der Waals surface area contributed by atoms with Crippen LogP contribution in [0.25, 0.3) is 0 Å². The molecule has 0 saturated heterocycles. The molecule has 0 aliphatic carbocycles. The molecule has 0 unspecified atom stereocenters. The Kier molecular flexibility index (Phi) is 4.25. The Hall–Kier alpha value is -2.82. The molecule has 3 rings (SSSR count). The second kappa shape index (κ2) is 6.35. The highest BCUT2D eigenvalue weighted by atomic mass is 16.5. The molecule has 1 heterocycles. The molecule has 0 radical (unpaired) electrons.